The molecule has 0 spiro atoms. The average Bonchev–Trinajstić information content (AvgIpc) is 3.56. The molecular formula is C32H30ClF3N8O. The lowest BCUT2D eigenvalue weighted by molar-refractivity contribution is -0.206. The number of alkyl halides is 3. The molecule has 1 atom stereocenters. The predicted octanol–water partition coefficient (Wildman–Crippen LogP) is 7.62. The van der Waals surface area contributed by atoms with Gasteiger partial charge in [-0.1, -0.05) is 28.9 Å². The first-order chi connectivity index (χ1) is 21.3. The maximum Gasteiger partial charge on any atom is 0.395 e. The van der Waals surface area contributed by atoms with Crippen molar-refractivity contribution in [3.05, 3.63) is 76.8 Å². The van der Waals surface area contributed by atoms with Crippen molar-refractivity contribution >= 4 is 44.7 Å². The normalized spacial score (nSPS) is 15.1. The largest absolute Gasteiger partial charge is 0.481 e. The molecule has 13 heteroatoms. The van der Waals surface area contributed by atoms with Gasteiger partial charge in [0.25, 0.3) is 0 Å². The van der Waals surface area contributed by atoms with Crippen molar-refractivity contribution < 1.29 is 17.9 Å². The van der Waals surface area contributed by atoms with E-state index in [1.807, 2.05) is 41.2 Å². The maximum atomic E-state index is 13.7. The number of pyridine rings is 2. The molecule has 6 rings (SSSR count). The number of rotatable bonds is 9. The highest BCUT2D eigenvalue weighted by Crippen LogP contribution is 2.44. The van der Waals surface area contributed by atoms with Gasteiger partial charge in [-0.15, -0.1) is 5.10 Å². The van der Waals surface area contributed by atoms with E-state index in [4.69, 9.17) is 16.3 Å². The summed E-state index contributed by atoms with van der Waals surface area (Å²) in [6, 6.07) is 12.6. The minimum Gasteiger partial charge on any atom is -0.481 e. The number of fused-ring (bicyclic) bond motifs is 2. The monoisotopic (exact) mass is 634 g/mol. The van der Waals surface area contributed by atoms with Crippen LogP contribution in [0.2, 0.25) is 5.02 Å². The number of ether oxygens (including phenoxy) is 1. The van der Waals surface area contributed by atoms with Gasteiger partial charge in [0, 0.05) is 35.4 Å². The van der Waals surface area contributed by atoms with Gasteiger partial charge in [-0.2, -0.15) is 18.4 Å². The number of benzene rings is 2. The van der Waals surface area contributed by atoms with E-state index in [-0.39, 0.29) is 21.8 Å². The van der Waals surface area contributed by atoms with Crippen molar-refractivity contribution in [1.82, 2.24) is 25.0 Å². The first-order valence-electron chi connectivity index (χ1n) is 14.3. The Morgan fingerprint density at radius 3 is 2.60 bits per heavy atom. The van der Waals surface area contributed by atoms with Gasteiger partial charge < -0.3 is 15.4 Å². The molecule has 45 heavy (non-hydrogen) atoms. The third kappa shape index (κ3) is 5.57. The summed E-state index contributed by atoms with van der Waals surface area (Å²) in [7, 11) is 1.56. The van der Waals surface area contributed by atoms with Crippen LogP contribution in [0.1, 0.15) is 56.5 Å². The lowest BCUT2D eigenvalue weighted by Gasteiger charge is -2.28. The highest BCUT2D eigenvalue weighted by atomic mass is 35.5. The van der Waals surface area contributed by atoms with Crippen molar-refractivity contribution in [2.75, 3.05) is 24.3 Å². The minimum absolute atomic E-state index is 0.0852. The highest BCUT2D eigenvalue weighted by Gasteiger charge is 2.47. The molecule has 9 nitrogen and oxygen atoms in total. The molecule has 3 heterocycles. The summed E-state index contributed by atoms with van der Waals surface area (Å²) in [5.41, 5.74) is 0.571. The molecular weight excluding hydrogens is 605 g/mol. The van der Waals surface area contributed by atoms with Crippen molar-refractivity contribution in [3.8, 4) is 11.9 Å². The molecule has 0 saturated heterocycles. The van der Waals surface area contributed by atoms with Crippen LogP contribution in [0.4, 0.5) is 24.5 Å². The molecule has 0 radical (unpaired) electrons. The van der Waals surface area contributed by atoms with Crippen LogP contribution in [0.5, 0.6) is 5.88 Å². The number of nitrogens with one attached hydrogen (secondary N) is 2. The van der Waals surface area contributed by atoms with E-state index in [0.717, 1.165) is 43.0 Å². The van der Waals surface area contributed by atoms with E-state index >= 15 is 0 Å². The summed E-state index contributed by atoms with van der Waals surface area (Å²) in [5.74, 6) is 0.476. The Kier molecular flexibility index (Phi) is 7.48. The Balaban J connectivity index is 1.48. The Hall–Kier alpha value is -4.63. The lowest BCUT2D eigenvalue weighted by Crippen LogP contribution is -2.38. The second-order valence-electron chi connectivity index (χ2n) is 12.2. The smallest absolute Gasteiger partial charge is 0.395 e. The number of nitriles is 1. The number of methoxy groups -OCH3 is 1. The van der Waals surface area contributed by atoms with Crippen LogP contribution >= 0.6 is 11.6 Å². The summed E-state index contributed by atoms with van der Waals surface area (Å²) in [5, 5.41) is 27.6. The summed E-state index contributed by atoms with van der Waals surface area (Å²) < 4.78 is 48.5. The summed E-state index contributed by atoms with van der Waals surface area (Å²) in [4.78, 5) is 8.69. The van der Waals surface area contributed by atoms with Gasteiger partial charge in [0.2, 0.25) is 5.88 Å². The number of anilines is 2. The molecule has 0 amide bonds. The second-order valence-corrected chi connectivity index (χ2v) is 12.6. The van der Waals surface area contributed by atoms with Crippen LogP contribution in [0.3, 0.4) is 0 Å². The zero-order chi connectivity index (χ0) is 32.1. The Morgan fingerprint density at radius 1 is 1.13 bits per heavy atom. The maximum absolute atomic E-state index is 13.7. The van der Waals surface area contributed by atoms with Crippen molar-refractivity contribution in [3.63, 3.8) is 0 Å². The van der Waals surface area contributed by atoms with E-state index in [1.54, 1.807) is 25.4 Å². The Bertz CT molecular complexity index is 1960. The molecule has 1 unspecified atom stereocenters. The van der Waals surface area contributed by atoms with Crippen LogP contribution in [0, 0.1) is 16.7 Å². The van der Waals surface area contributed by atoms with Gasteiger partial charge in [0.1, 0.15) is 11.8 Å². The third-order valence-electron chi connectivity index (χ3n) is 8.47. The van der Waals surface area contributed by atoms with Gasteiger partial charge in [0.05, 0.1) is 52.1 Å². The van der Waals surface area contributed by atoms with E-state index in [2.05, 4.69) is 37.8 Å². The summed E-state index contributed by atoms with van der Waals surface area (Å²) in [6.07, 6.45) is 2.44. The number of hydrogen-bond donors (Lipinski definition) is 2. The van der Waals surface area contributed by atoms with Crippen LogP contribution < -0.4 is 15.4 Å². The van der Waals surface area contributed by atoms with E-state index in [1.165, 1.54) is 6.20 Å². The van der Waals surface area contributed by atoms with Gasteiger partial charge >= 0.3 is 6.18 Å². The number of aromatic nitrogens is 5. The first kappa shape index (κ1) is 30.4. The molecule has 0 bridgehead atoms. The van der Waals surface area contributed by atoms with Gasteiger partial charge in [-0.3, -0.25) is 4.98 Å². The fraction of sp³-hybridized carbons (Fsp3) is 0.344. The van der Waals surface area contributed by atoms with Crippen molar-refractivity contribution in [2.45, 2.75) is 51.4 Å². The topological polar surface area (TPSA) is 114 Å². The second kappa shape index (κ2) is 11.1. The van der Waals surface area contributed by atoms with Gasteiger partial charge in [0.15, 0.2) is 0 Å². The molecule has 1 aliphatic carbocycles. The van der Waals surface area contributed by atoms with Gasteiger partial charge in [-0.05, 0) is 68.8 Å². The standard InChI is InChI=1S/C32H30ClF3N8O/c1-30(2,32(34,35)36)17-40-26-18(14-37)15-39-27-23(26)12-19(13-24(27)33)41-28(25-16-44(43-42-25)31(3)9-10-31)21-6-5-7-22-20(21)8-11-38-29(22)45-4/h5-8,11-13,15-16,28,41H,9-10,17H2,1-4H3,(H,39,40). The van der Waals surface area contributed by atoms with E-state index in [0.29, 0.717) is 28.2 Å². The summed E-state index contributed by atoms with van der Waals surface area (Å²) >= 11 is 6.72. The number of hydrogen-bond acceptors (Lipinski definition) is 8. The van der Waals surface area contributed by atoms with Crippen LogP contribution in [-0.2, 0) is 5.54 Å². The molecule has 3 aromatic heterocycles. The zero-order valence-corrected chi connectivity index (χ0v) is 25.8. The SMILES string of the molecule is COc1nccc2c(C(Nc3cc(Cl)c4ncc(C#N)c(NCC(C)(C)C(F)(F)F)c4c3)c3cn(C4(C)CC4)nn3)cccc12. The molecule has 1 aliphatic rings. The van der Waals surface area contributed by atoms with Crippen molar-refractivity contribution in [1.29, 1.82) is 5.26 Å². The van der Waals surface area contributed by atoms with E-state index < -0.39 is 24.2 Å². The molecule has 1 fully saturated rings. The number of nitrogens with zero attached hydrogens (tertiary/aromatic N) is 6. The Labute approximate surface area is 262 Å². The van der Waals surface area contributed by atoms with Gasteiger partial charge in [-0.25, -0.2) is 9.67 Å². The minimum atomic E-state index is -4.46. The lowest BCUT2D eigenvalue weighted by atomic mass is 9.92. The molecule has 232 valence electrons. The quantitative estimate of drug-likeness (QED) is 0.170. The first-order valence-corrected chi connectivity index (χ1v) is 14.7. The molecule has 2 aromatic carbocycles. The number of halogens is 4. The zero-order valence-electron chi connectivity index (χ0n) is 25.0. The van der Waals surface area contributed by atoms with Crippen molar-refractivity contribution in [2.24, 2.45) is 5.41 Å². The van der Waals surface area contributed by atoms with E-state index in [9.17, 15) is 18.4 Å². The molecule has 0 aliphatic heterocycles. The molecule has 1 saturated carbocycles. The molecule has 2 N–H and O–H groups in total. The average molecular weight is 635 g/mol. The highest BCUT2D eigenvalue weighted by molar-refractivity contribution is 6.35. The van der Waals surface area contributed by atoms with Crippen LogP contribution in [-0.4, -0.2) is 44.8 Å². The molecule has 5 aromatic rings. The third-order valence-corrected chi connectivity index (χ3v) is 8.76. The van der Waals surface area contributed by atoms with Crippen LogP contribution in [0.15, 0.2) is 55.0 Å². The van der Waals surface area contributed by atoms with Crippen LogP contribution in [0.25, 0.3) is 21.7 Å². The predicted molar refractivity (Wildman–Crippen MR) is 166 cm³/mol. The summed E-state index contributed by atoms with van der Waals surface area (Å²) in [6.45, 7) is 3.86. The Morgan fingerprint density at radius 2 is 1.91 bits per heavy atom. The fourth-order valence-corrected chi connectivity index (χ4v) is 5.48. The fourth-order valence-electron chi connectivity index (χ4n) is 5.21.